The van der Waals surface area contributed by atoms with Gasteiger partial charge in [-0.05, 0) is 61.6 Å². The minimum absolute atomic E-state index is 0.269. The van der Waals surface area contributed by atoms with Crippen LogP contribution in [0.15, 0.2) is 11.4 Å². The molecule has 3 rings (SSSR count). The number of aryl methyl sites for hydroxylation is 1. The van der Waals surface area contributed by atoms with E-state index < -0.39 is 24.5 Å². The van der Waals surface area contributed by atoms with Crippen molar-refractivity contribution >= 4 is 45.5 Å². The third-order valence-corrected chi connectivity index (χ3v) is 6.79. The van der Waals surface area contributed by atoms with Crippen LogP contribution in [0, 0.1) is 12.8 Å². The highest BCUT2D eigenvalue weighted by molar-refractivity contribution is 7.17. The molecule has 1 amide bonds. The second-order valence-electron chi connectivity index (χ2n) is 6.83. The van der Waals surface area contributed by atoms with Gasteiger partial charge < -0.3 is 14.8 Å². The average Bonchev–Trinajstić information content (AvgIpc) is 3.22. The normalized spacial score (nSPS) is 15.6. The summed E-state index contributed by atoms with van der Waals surface area (Å²) in [5, 5.41) is 5.02. The summed E-state index contributed by atoms with van der Waals surface area (Å²) in [4.78, 5) is 38.5. The van der Waals surface area contributed by atoms with Crippen LogP contribution in [0.2, 0.25) is 0 Å². The summed E-state index contributed by atoms with van der Waals surface area (Å²) >= 11 is 2.69. The van der Waals surface area contributed by atoms with E-state index in [4.69, 9.17) is 9.47 Å². The minimum Gasteiger partial charge on any atom is -0.462 e. The number of carbonyl (C=O) groups is 3. The summed E-state index contributed by atoms with van der Waals surface area (Å²) in [5.41, 5.74) is 2.24. The van der Waals surface area contributed by atoms with Crippen molar-refractivity contribution in [2.45, 2.75) is 40.0 Å². The van der Waals surface area contributed by atoms with Crippen molar-refractivity contribution in [1.29, 1.82) is 0 Å². The second-order valence-corrected chi connectivity index (χ2v) is 8.85. The van der Waals surface area contributed by atoms with Gasteiger partial charge in [-0.3, -0.25) is 4.79 Å². The molecule has 2 aromatic rings. The van der Waals surface area contributed by atoms with Crippen molar-refractivity contribution in [2.24, 2.45) is 5.92 Å². The second kappa shape index (κ2) is 8.87. The zero-order valence-electron chi connectivity index (χ0n) is 16.1. The number of anilines is 1. The molecule has 2 heterocycles. The molecule has 0 bridgehead atoms. The van der Waals surface area contributed by atoms with E-state index in [9.17, 15) is 14.4 Å². The molecule has 8 heteroatoms. The molecule has 1 aliphatic carbocycles. The van der Waals surface area contributed by atoms with E-state index in [0.717, 1.165) is 35.3 Å². The van der Waals surface area contributed by atoms with Crippen molar-refractivity contribution < 1.29 is 23.9 Å². The third-order valence-electron chi connectivity index (χ3n) is 4.63. The van der Waals surface area contributed by atoms with Gasteiger partial charge in [-0.15, -0.1) is 22.7 Å². The monoisotopic (exact) mass is 421 g/mol. The number of amides is 1. The van der Waals surface area contributed by atoms with Gasteiger partial charge in [-0.2, -0.15) is 0 Å². The molecule has 0 aliphatic heterocycles. The van der Waals surface area contributed by atoms with E-state index in [1.165, 1.54) is 22.7 Å². The van der Waals surface area contributed by atoms with Gasteiger partial charge in [0.2, 0.25) is 0 Å². The summed E-state index contributed by atoms with van der Waals surface area (Å²) in [6.07, 6.45) is 2.68. The summed E-state index contributed by atoms with van der Waals surface area (Å²) in [7, 11) is 0. The van der Waals surface area contributed by atoms with Crippen LogP contribution in [0.5, 0.6) is 0 Å². The maximum atomic E-state index is 12.5. The molecule has 150 valence electrons. The highest BCUT2D eigenvalue weighted by Crippen LogP contribution is 2.40. The lowest BCUT2D eigenvalue weighted by atomic mass is 9.88. The molecule has 0 aromatic carbocycles. The Hall–Kier alpha value is -2.19. The highest BCUT2D eigenvalue weighted by Gasteiger charge is 2.29. The molecule has 1 aliphatic rings. The molecule has 0 fully saturated rings. The van der Waals surface area contributed by atoms with Crippen molar-refractivity contribution in [3.8, 4) is 0 Å². The molecule has 28 heavy (non-hydrogen) atoms. The summed E-state index contributed by atoms with van der Waals surface area (Å²) < 4.78 is 10.3. The lowest BCUT2D eigenvalue weighted by Gasteiger charge is -2.18. The molecule has 0 spiro atoms. The smallest absolute Gasteiger partial charge is 0.349 e. The Morgan fingerprint density at radius 3 is 2.71 bits per heavy atom. The molecule has 0 saturated carbocycles. The van der Waals surface area contributed by atoms with Crippen LogP contribution in [0.3, 0.4) is 0 Å². The van der Waals surface area contributed by atoms with E-state index in [1.54, 1.807) is 12.3 Å². The van der Waals surface area contributed by atoms with Gasteiger partial charge in [0.05, 0.1) is 12.2 Å². The molecule has 0 radical (unpaired) electrons. The van der Waals surface area contributed by atoms with Crippen molar-refractivity contribution in [2.75, 3.05) is 18.5 Å². The van der Waals surface area contributed by atoms with Crippen LogP contribution in [0.1, 0.15) is 56.3 Å². The number of carbonyl (C=O) groups excluding carboxylic acids is 3. The van der Waals surface area contributed by atoms with E-state index in [0.29, 0.717) is 21.4 Å². The maximum absolute atomic E-state index is 12.5. The van der Waals surface area contributed by atoms with Crippen LogP contribution in [0.4, 0.5) is 5.00 Å². The summed E-state index contributed by atoms with van der Waals surface area (Å²) in [6, 6.07) is 1.82. The maximum Gasteiger partial charge on any atom is 0.349 e. The number of rotatable bonds is 6. The molecule has 2 aromatic heterocycles. The number of thiophene rings is 2. The number of nitrogens with one attached hydrogen (secondary N) is 1. The van der Waals surface area contributed by atoms with Crippen molar-refractivity contribution in [1.82, 2.24) is 0 Å². The Labute approximate surface area is 171 Å². The van der Waals surface area contributed by atoms with E-state index in [2.05, 4.69) is 12.2 Å². The number of ether oxygens (including phenoxy) is 2. The zero-order valence-corrected chi connectivity index (χ0v) is 17.8. The predicted molar refractivity (Wildman–Crippen MR) is 109 cm³/mol. The molecule has 1 N–H and O–H groups in total. The largest absolute Gasteiger partial charge is 0.462 e. The van der Waals surface area contributed by atoms with Gasteiger partial charge in [-0.1, -0.05) is 6.92 Å². The molecule has 1 atom stereocenters. The fourth-order valence-electron chi connectivity index (χ4n) is 3.20. The lowest BCUT2D eigenvalue weighted by molar-refractivity contribution is -0.119. The van der Waals surface area contributed by atoms with Gasteiger partial charge in [0.1, 0.15) is 9.88 Å². The minimum atomic E-state index is -0.521. The van der Waals surface area contributed by atoms with Gasteiger partial charge in [-0.25, -0.2) is 9.59 Å². The van der Waals surface area contributed by atoms with Crippen LogP contribution >= 0.6 is 22.7 Å². The molecular weight excluding hydrogens is 398 g/mol. The molecule has 6 nitrogen and oxygen atoms in total. The molecule has 0 unspecified atom stereocenters. The van der Waals surface area contributed by atoms with E-state index in [1.807, 2.05) is 13.0 Å². The molecule has 0 saturated heterocycles. The fourth-order valence-corrected chi connectivity index (χ4v) is 5.43. The zero-order chi connectivity index (χ0) is 20.3. The number of hydrogen-bond acceptors (Lipinski definition) is 7. The predicted octanol–water partition coefficient (Wildman–Crippen LogP) is 4.22. The first-order valence-corrected chi connectivity index (χ1v) is 10.9. The van der Waals surface area contributed by atoms with Gasteiger partial charge in [0.15, 0.2) is 6.61 Å². The number of fused-ring (bicyclic) bond motifs is 1. The molecular formula is C20H23NO5S2. The quantitative estimate of drug-likeness (QED) is 0.707. The lowest BCUT2D eigenvalue weighted by Crippen LogP contribution is -2.22. The Bertz CT molecular complexity index is 899. The van der Waals surface area contributed by atoms with Crippen LogP contribution in [-0.2, 0) is 27.1 Å². The third kappa shape index (κ3) is 4.44. The number of hydrogen-bond donors (Lipinski definition) is 1. The van der Waals surface area contributed by atoms with Gasteiger partial charge >= 0.3 is 11.9 Å². The topological polar surface area (TPSA) is 81.7 Å². The average molecular weight is 422 g/mol. The summed E-state index contributed by atoms with van der Waals surface area (Å²) in [6.45, 7) is 5.61. The first-order valence-electron chi connectivity index (χ1n) is 9.23. The highest BCUT2D eigenvalue weighted by atomic mass is 32.1. The van der Waals surface area contributed by atoms with Gasteiger partial charge in [0.25, 0.3) is 5.91 Å². The van der Waals surface area contributed by atoms with Crippen LogP contribution in [0.25, 0.3) is 0 Å². The number of esters is 2. The first-order chi connectivity index (χ1) is 13.4. The van der Waals surface area contributed by atoms with Crippen molar-refractivity contribution in [3.63, 3.8) is 0 Å². The Balaban J connectivity index is 1.72. The summed E-state index contributed by atoms with van der Waals surface area (Å²) in [5.74, 6) is -0.872. The Morgan fingerprint density at radius 1 is 1.25 bits per heavy atom. The SMILES string of the molecule is CCOC(=O)c1c(NC(=O)COC(=O)c2sccc2C)sc2c1CC[C@@H](C)C2. The Kier molecular flexibility index (Phi) is 6.51. The fraction of sp³-hybridized carbons (Fsp3) is 0.450. The Morgan fingerprint density at radius 2 is 2.04 bits per heavy atom. The van der Waals surface area contributed by atoms with Gasteiger partial charge in [0, 0.05) is 4.88 Å². The van der Waals surface area contributed by atoms with Crippen molar-refractivity contribution in [3.05, 3.63) is 37.9 Å². The first kappa shape index (κ1) is 20.5. The van der Waals surface area contributed by atoms with E-state index >= 15 is 0 Å². The van der Waals surface area contributed by atoms with E-state index in [-0.39, 0.29) is 6.61 Å². The standard InChI is InChI=1S/C20H23NO5S2/c1-4-25-19(23)16-13-6-5-11(2)9-14(13)28-18(16)21-15(22)10-26-20(24)17-12(3)7-8-27-17/h7-8,11H,4-6,9-10H2,1-3H3,(H,21,22)/t11-/m1/s1. The van der Waals surface area contributed by atoms with Crippen LogP contribution in [-0.4, -0.2) is 31.1 Å². The van der Waals surface area contributed by atoms with Crippen LogP contribution < -0.4 is 5.32 Å².